The number of nitrogens with zero attached hydrogens (tertiary/aromatic N) is 2. The molecule has 6 nitrogen and oxygen atoms in total. The van der Waals surface area contributed by atoms with Crippen LogP contribution in [0, 0.1) is 17.0 Å². The molecule has 0 saturated carbocycles. The molecule has 0 saturated heterocycles. The van der Waals surface area contributed by atoms with Gasteiger partial charge in [0.2, 0.25) is 0 Å². The second-order valence-electron chi connectivity index (χ2n) is 2.92. The van der Waals surface area contributed by atoms with Crippen LogP contribution in [-0.2, 0) is 17.5 Å². The van der Waals surface area contributed by atoms with Crippen molar-refractivity contribution in [3.05, 3.63) is 33.6 Å². The normalized spacial score (nSPS) is 12.4. The summed E-state index contributed by atoms with van der Waals surface area (Å²) in [6, 6.07) is 2.81. The first kappa shape index (κ1) is 11.7. The number of hydrogen-bond donors (Lipinski definition) is 0. The molecule has 0 N–H and O–H groups in total. The van der Waals surface area contributed by atoms with Gasteiger partial charge in [-0.15, -0.1) is 0 Å². The Morgan fingerprint density at radius 1 is 1.53 bits per heavy atom. The van der Waals surface area contributed by atoms with Crippen molar-refractivity contribution in [2.75, 3.05) is 5.75 Å². The molecule has 82 valence electrons. The van der Waals surface area contributed by atoms with Crippen LogP contribution in [0.15, 0.2) is 12.1 Å². The Balaban J connectivity index is 2.82. The van der Waals surface area contributed by atoms with Gasteiger partial charge in [0.15, 0.2) is 0 Å². The fourth-order valence-corrected chi connectivity index (χ4v) is 1.50. The van der Waals surface area contributed by atoms with Crippen molar-refractivity contribution in [3.63, 3.8) is 0 Å². The molecule has 0 spiro atoms. The van der Waals surface area contributed by atoms with E-state index in [1.807, 2.05) is 0 Å². The first-order valence-corrected chi connectivity index (χ1v) is 5.42. The Bertz CT molecular complexity index is 408. The summed E-state index contributed by atoms with van der Waals surface area (Å²) in [5.74, 6) is -0.0236. The van der Waals surface area contributed by atoms with E-state index in [2.05, 4.69) is 4.98 Å². The molecule has 15 heavy (non-hydrogen) atoms. The van der Waals surface area contributed by atoms with E-state index in [0.717, 1.165) is 0 Å². The van der Waals surface area contributed by atoms with E-state index in [4.69, 9.17) is 0 Å². The van der Waals surface area contributed by atoms with Crippen LogP contribution in [0.4, 0.5) is 5.69 Å². The standard InChI is InChI=1S/C8H10N2O4S/c1-6-8(10(11)12)3-2-7(9-6)4-5-15(13)14/h2-3H,4-5H2,1H3,(H,13,14)/p-1. The van der Waals surface area contributed by atoms with Crippen molar-refractivity contribution in [1.82, 2.24) is 4.98 Å². The van der Waals surface area contributed by atoms with Crippen LogP contribution in [0.3, 0.4) is 0 Å². The molecular formula is C8H9N2O4S-. The maximum absolute atomic E-state index is 10.5. The van der Waals surface area contributed by atoms with Crippen LogP contribution in [0.5, 0.6) is 0 Å². The summed E-state index contributed by atoms with van der Waals surface area (Å²) in [4.78, 5) is 13.9. The van der Waals surface area contributed by atoms with Crippen LogP contribution in [0.25, 0.3) is 0 Å². The van der Waals surface area contributed by atoms with Gasteiger partial charge in [-0.2, -0.15) is 0 Å². The van der Waals surface area contributed by atoms with Crippen LogP contribution >= 0.6 is 0 Å². The van der Waals surface area contributed by atoms with Crippen molar-refractivity contribution >= 4 is 16.8 Å². The molecule has 0 bridgehead atoms. The van der Waals surface area contributed by atoms with E-state index < -0.39 is 16.0 Å². The van der Waals surface area contributed by atoms with Gasteiger partial charge < -0.3 is 4.55 Å². The van der Waals surface area contributed by atoms with E-state index in [1.165, 1.54) is 19.1 Å². The summed E-state index contributed by atoms with van der Waals surface area (Å²) in [6.07, 6.45) is 0.273. The molecule has 0 fully saturated rings. The van der Waals surface area contributed by atoms with Gasteiger partial charge in [0.1, 0.15) is 5.69 Å². The third-order valence-electron chi connectivity index (χ3n) is 1.84. The smallest absolute Gasteiger partial charge is 0.290 e. The minimum atomic E-state index is -2.11. The van der Waals surface area contributed by atoms with Crippen LogP contribution in [0.2, 0.25) is 0 Å². The molecule has 1 unspecified atom stereocenters. The van der Waals surface area contributed by atoms with Gasteiger partial charge in [0.25, 0.3) is 5.69 Å². The maximum Gasteiger partial charge on any atom is 0.290 e. The number of aryl methyl sites for hydroxylation is 2. The summed E-state index contributed by atoms with van der Waals surface area (Å²) >= 11 is -2.11. The van der Waals surface area contributed by atoms with Gasteiger partial charge in [-0.1, -0.05) is 11.1 Å². The molecule has 1 aromatic heterocycles. The molecule has 0 amide bonds. The highest BCUT2D eigenvalue weighted by Crippen LogP contribution is 2.15. The first-order chi connectivity index (χ1) is 7.00. The highest BCUT2D eigenvalue weighted by Gasteiger charge is 2.11. The SMILES string of the molecule is Cc1nc(CCS(=O)[O-])ccc1[N+](=O)[O-]. The Kier molecular flexibility index (Phi) is 3.87. The van der Waals surface area contributed by atoms with Gasteiger partial charge in [0, 0.05) is 23.9 Å². The molecule has 1 aromatic rings. The van der Waals surface area contributed by atoms with E-state index in [9.17, 15) is 18.9 Å². The van der Waals surface area contributed by atoms with E-state index in [1.54, 1.807) is 0 Å². The van der Waals surface area contributed by atoms with Gasteiger partial charge in [-0.3, -0.25) is 19.3 Å². The van der Waals surface area contributed by atoms with Gasteiger partial charge in [-0.25, -0.2) is 0 Å². The third-order valence-corrected chi connectivity index (χ3v) is 2.37. The lowest BCUT2D eigenvalue weighted by Gasteiger charge is -2.04. The zero-order valence-corrected chi connectivity index (χ0v) is 8.82. The number of pyridine rings is 1. The minimum Gasteiger partial charge on any atom is -0.772 e. The van der Waals surface area contributed by atoms with Gasteiger partial charge >= 0.3 is 0 Å². The summed E-state index contributed by atoms with van der Waals surface area (Å²) < 4.78 is 20.6. The lowest BCUT2D eigenvalue weighted by Crippen LogP contribution is -2.03. The van der Waals surface area contributed by atoms with E-state index in [-0.39, 0.29) is 17.9 Å². The van der Waals surface area contributed by atoms with Crippen molar-refractivity contribution in [3.8, 4) is 0 Å². The molecule has 0 aliphatic rings. The lowest BCUT2D eigenvalue weighted by molar-refractivity contribution is -0.385. The zero-order valence-electron chi connectivity index (χ0n) is 8.00. The molecule has 0 aromatic carbocycles. The Morgan fingerprint density at radius 3 is 2.67 bits per heavy atom. The maximum atomic E-state index is 10.5. The molecule has 0 radical (unpaired) electrons. The second-order valence-corrected chi connectivity index (χ2v) is 3.94. The summed E-state index contributed by atoms with van der Waals surface area (Å²) in [6.45, 7) is 1.52. The van der Waals surface area contributed by atoms with Crippen molar-refractivity contribution in [1.29, 1.82) is 0 Å². The third kappa shape index (κ3) is 3.37. The topological polar surface area (TPSA) is 96.2 Å². The minimum absolute atomic E-state index is 0.0236. The summed E-state index contributed by atoms with van der Waals surface area (Å²) in [5, 5.41) is 10.5. The number of hydrogen-bond acceptors (Lipinski definition) is 5. The van der Waals surface area contributed by atoms with Crippen molar-refractivity contribution < 1.29 is 13.7 Å². The average Bonchev–Trinajstić information content (AvgIpc) is 2.14. The summed E-state index contributed by atoms with van der Waals surface area (Å²) in [7, 11) is 0. The largest absolute Gasteiger partial charge is 0.772 e. The first-order valence-electron chi connectivity index (χ1n) is 4.17. The van der Waals surface area contributed by atoms with Crippen molar-refractivity contribution in [2.24, 2.45) is 0 Å². The van der Waals surface area contributed by atoms with Crippen LogP contribution in [-0.4, -0.2) is 24.4 Å². The predicted molar refractivity (Wildman–Crippen MR) is 53.1 cm³/mol. The number of nitro groups is 1. The predicted octanol–water partition coefficient (Wildman–Crippen LogP) is 0.720. The molecule has 1 heterocycles. The zero-order chi connectivity index (χ0) is 11.4. The summed E-state index contributed by atoms with van der Waals surface area (Å²) in [5.41, 5.74) is 0.790. The van der Waals surface area contributed by atoms with Crippen LogP contribution in [0.1, 0.15) is 11.4 Å². The molecule has 1 atom stereocenters. The van der Waals surface area contributed by atoms with E-state index in [0.29, 0.717) is 11.4 Å². The molecule has 0 aliphatic heterocycles. The highest BCUT2D eigenvalue weighted by molar-refractivity contribution is 7.79. The molecule has 0 aliphatic carbocycles. The monoisotopic (exact) mass is 229 g/mol. The van der Waals surface area contributed by atoms with Gasteiger partial charge in [-0.05, 0) is 13.0 Å². The highest BCUT2D eigenvalue weighted by atomic mass is 32.2. The average molecular weight is 229 g/mol. The van der Waals surface area contributed by atoms with Crippen LogP contribution < -0.4 is 0 Å². The Labute approximate surface area is 88.8 Å². The molecule has 7 heteroatoms. The Morgan fingerprint density at radius 2 is 2.20 bits per heavy atom. The van der Waals surface area contributed by atoms with E-state index >= 15 is 0 Å². The van der Waals surface area contributed by atoms with Gasteiger partial charge in [0.05, 0.1) is 4.92 Å². The number of rotatable bonds is 4. The fraction of sp³-hybridized carbons (Fsp3) is 0.375. The molecule has 1 rings (SSSR count). The molecular weight excluding hydrogens is 220 g/mol. The lowest BCUT2D eigenvalue weighted by atomic mass is 10.2. The van der Waals surface area contributed by atoms with Crippen molar-refractivity contribution in [2.45, 2.75) is 13.3 Å². The Hall–Kier alpha value is -1.34. The second kappa shape index (κ2) is 4.94. The number of aromatic nitrogens is 1. The quantitative estimate of drug-likeness (QED) is 0.430. The fourth-order valence-electron chi connectivity index (χ4n) is 1.13.